The van der Waals surface area contributed by atoms with E-state index in [2.05, 4.69) is 0 Å². The number of benzene rings is 2. The maximum Gasteiger partial charge on any atom is 0.231 e. The van der Waals surface area contributed by atoms with Crippen LogP contribution in [0.4, 0.5) is 0 Å². The molecule has 1 aliphatic heterocycles. The monoisotopic (exact) mass is 319 g/mol. The molecular formula is C16H17NO4S. The molecule has 0 fully saturated rings. The van der Waals surface area contributed by atoms with E-state index in [0.717, 1.165) is 5.56 Å². The lowest BCUT2D eigenvalue weighted by Gasteiger charge is -2.17. The molecule has 5 nitrogen and oxygen atoms in total. The summed E-state index contributed by atoms with van der Waals surface area (Å²) in [4.78, 5) is 0.270. The Labute approximate surface area is 129 Å². The van der Waals surface area contributed by atoms with E-state index < -0.39 is 15.1 Å². The van der Waals surface area contributed by atoms with Crippen molar-refractivity contribution in [3.63, 3.8) is 0 Å². The van der Waals surface area contributed by atoms with Crippen LogP contribution in [0.3, 0.4) is 0 Å². The van der Waals surface area contributed by atoms with Crippen LogP contribution in [0.5, 0.6) is 11.5 Å². The van der Waals surface area contributed by atoms with Crippen LogP contribution in [-0.2, 0) is 9.84 Å². The summed E-state index contributed by atoms with van der Waals surface area (Å²) in [7, 11) is -3.56. The molecule has 0 unspecified atom stereocenters. The van der Waals surface area contributed by atoms with E-state index in [1.165, 1.54) is 0 Å². The maximum absolute atomic E-state index is 12.8. The third-order valence-electron chi connectivity index (χ3n) is 3.71. The molecule has 1 heterocycles. The van der Waals surface area contributed by atoms with Crippen LogP contribution < -0.4 is 15.2 Å². The predicted molar refractivity (Wildman–Crippen MR) is 82.7 cm³/mol. The highest BCUT2D eigenvalue weighted by molar-refractivity contribution is 7.91. The minimum Gasteiger partial charge on any atom is -0.454 e. The Hall–Kier alpha value is -2.05. The molecule has 2 aromatic carbocycles. The molecule has 0 bridgehead atoms. The molecule has 116 valence electrons. The first kappa shape index (κ1) is 14.9. The second-order valence-electron chi connectivity index (χ2n) is 5.20. The molecule has 0 saturated heterocycles. The molecule has 3 rings (SSSR count). The summed E-state index contributed by atoms with van der Waals surface area (Å²) in [6, 6.07) is 11.9. The van der Waals surface area contributed by atoms with E-state index in [1.807, 2.05) is 6.92 Å². The highest BCUT2D eigenvalue weighted by atomic mass is 32.2. The molecule has 1 aliphatic rings. The van der Waals surface area contributed by atoms with E-state index >= 15 is 0 Å². The number of ether oxygens (including phenoxy) is 2. The second-order valence-corrected chi connectivity index (χ2v) is 7.33. The van der Waals surface area contributed by atoms with Gasteiger partial charge in [0, 0.05) is 6.54 Å². The largest absolute Gasteiger partial charge is 0.454 e. The van der Waals surface area contributed by atoms with Crippen molar-refractivity contribution in [3.8, 4) is 11.5 Å². The van der Waals surface area contributed by atoms with Gasteiger partial charge in [0.15, 0.2) is 21.3 Å². The highest BCUT2D eigenvalue weighted by Crippen LogP contribution is 2.37. The van der Waals surface area contributed by atoms with Gasteiger partial charge in [0.25, 0.3) is 0 Å². The number of hydrogen-bond acceptors (Lipinski definition) is 5. The first-order valence-electron chi connectivity index (χ1n) is 6.92. The maximum atomic E-state index is 12.8. The molecule has 1 atom stereocenters. The van der Waals surface area contributed by atoms with E-state index in [1.54, 1.807) is 42.5 Å². The summed E-state index contributed by atoms with van der Waals surface area (Å²) in [5.41, 5.74) is 7.36. The molecule has 0 radical (unpaired) electrons. The van der Waals surface area contributed by atoms with Crippen molar-refractivity contribution in [1.82, 2.24) is 0 Å². The molecule has 0 aromatic heterocycles. The summed E-state index contributed by atoms with van der Waals surface area (Å²) in [5.74, 6) is 1.17. The Morgan fingerprint density at radius 2 is 1.77 bits per heavy atom. The number of aryl methyl sites for hydroxylation is 1. The van der Waals surface area contributed by atoms with Crippen molar-refractivity contribution in [2.45, 2.75) is 17.1 Å². The molecular weight excluding hydrogens is 302 g/mol. The average molecular weight is 319 g/mol. The minimum atomic E-state index is -3.56. The summed E-state index contributed by atoms with van der Waals surface area (Å²) < 4.78 is 36.2. The van der Waals surface area contributed by atoms with Crippen LogP contribution in [-0.4, -0.2) is 21.8 Å². The molecule has 0 amide bonds. The van der Waals surface area contributed by atoms with Crippen LogP contribution in [0, 0.1) is 6.92 Å². The number of sulfone groups is 1. The zero-order valence-electron chi connectivity index (χ0n) is 12.2. The van der Waals surface area contributed by atoms with Crippen LogP contribution in [0.15, 0.2) is 47.4 Å². The zero-order chi connectivity index (χ0) is 15.7. The average Bonchev–Trinajstić information content (AvgIpc) is 2.96. The highest BCUT2D eigenvalue weighted by Gasteiger charge is 2.29. The van der Waals surface area contributed by atoms with Crippen molar-refractivity contribution >= 4 is 9.84 Å². The van der Waals surface area contributed by atoms with Gasteiger partial charge in [-0.25, -0.2) is 8.42 Å². The van der Waals surface area contributed by atoms with Gasteiger partial charge in [-0.05, 0) is 36.8 Å². The Morgan fingerprint density at radius 1 is 1.09 bits per heavy atom. The van der Waals surface area contributed by atoms with Gasteiger partial charge in [0.05, 0.1) is 4.90 Å². The van der Waals surface area contributed by atoms with Crippen molar-refractivity contribution in [1.29, 1.82) is 0 Å². The predicted octanol–water partition coefficient (Wildman–Crippen LogP) is 2.20. The quantitative estimate of drug-likeness (QED) is 0.934. The van der Waals surface area contributed by atoms with Crippen molar-refractivity contribution < 1.29 is 17.9 Å². The molecule has 2 N–H and O–H groups in total. The van der Waals surface area contributed by atoms with E-state index in [9.17, 15) is 8.42 Å². The van der Waals surface area contributed by atoms with Gasteiger partial charge >= 0.3 is 0 Å². The first-order chi connectivity index (χ1) is 10.5. The first-order valence-corrected chi connectivity index (χ1v) is 8.47. The SMILES string of the molecule is Cc1ccc(S(=O)(=O)[C@@H](CN)c2ccc3c(c2)OCO3)cc1. The lowest BCUT2D eigenvalue weighted by molar-refractivity contribution is 0.174. The van der Waals surface area contributed by atoms with Crippen molar-refractivity contribution in [2.24, 2.45) is 5.73 Å². The van der Waals surface area contributed by atoms with Gasteiger partial charge in [0.1, 0.15) is 5.25 Å². The fraction of sp³-hybridized carbons (Fsp3) is 0.250. The number of hydrogen-bond donors (Lipinski definition) is 1. The number of nitrogens with two attached hydrogens (primary N) is 1. The Morgan fingerprint density at radius 3 is 2.45 bits per heavy atom. The van der Waals surface area contributed by atoms with Crippen molar-refractivity contribution in [2.75, 3.05) is 13.3 Å². The smallest absolute Gasteiger partial charge is 0.231 e. The number of rotatable bonds is 4. The molecule has 22 heavy (non-hydrogen) atoms. The normalized spacial score (nSPS) is 14.8. The molecule has 6 heteroatoms. The number of fused-ring (bicyclic) bond motifs is 1. The standard InChI is InChI=1S/C16H17NO4S/c1-11-2-5-13(6-3-11)22(18,19)16(9-17)12-4-7-14-15(8-12)21-10-20-14/h2-8,16H,9-10,17H2,1H3/t16-/m0/s1. The molecule has 0 saturated carbocycles. The Kier molecular flexibility index (Phi) is 3.80. The second kappa shape index (κ2) is 5.62. The summed E-state index contributed by atoms with van der Waals surface area (Å²) in [5, 5.41) is -0.815. The van der Waals surface area contributed by atoms with Gasteiger partial charge in [-0.1, -0.05) is 23.8 Å². The molecule has 2 aromatic rings. The summed E-state index contributed by atoms with van der Waals surface area (Å²) in [6.45, 7) is 2.06. The van der Waals surface area contributed by atoms with E-state index in [4.69, 9.17) is 15.2 Å². The minimum absolute atomic E-state index is 0.00411. The zero-order valence-corrected chi connectivity index (χ0v) is 13.0. The molecule has 0 aliphatic carbocycles. The van der Waals surface area contributed by atoms with Crippen molar-refractivity contribution in [3.05, 3.63) is 53.6 Å². The lowest BCUT2D eigenvalue weighted by atomic mass is 10.1. The molecule has 0 spiro atoms. The van der Waals surface area contributed by atoms with Crippen LogP contribution >= 0.6 is 0 Å². The Balaban J connectivity index is 2.01. The lowest BCUT2D eigenvalue weighted by Crippen LogP contribution is -2.22. The van der Waals surface area contributed by atoms with Gasteiger partial charge in [-0.3, -0.25) is 0 Å². The fourth-order valence-corrected chi connectivity index (χ4v) is 4.05. The Bertz CT molecular complexity index is 784. The van der Waals surface area contributed by atoms with Gasteiger partial charge < -0.3 is 15.2 Å². The van der Waals surface area contributed by atoms with Gasteiger partial charge in [0.2, 0.25) is 6.79 Å². The van der Waals surface area contributed by atoms with Crippen LogP contribution in [0.25, 0.3) is 0 Å². The van der Waals surface area contributed by atoms with E-state index in [-0.39, 0.29) is 18.2 Å². The van der Waals surface area contributed by atoms with Gasteiger partial charge in [-0.2, -0.15) is 0 Å². The summed E-state index contributed by atoms with van der Waals surface area (Å²) >= 11 is 0. The van der Waals surface area contributed by atoms with Gasteiger partial charge in [-0.15, -0.1) is 0 Å². The summed E-state index contributed by atoms with van der Waals surface area (Å²) in [6.07, 6.45) is 0. The topological polar surface area (TPSA) is 78.6 Å². The third kappa shape index (κ3) is 2.55. The van der Waals surface area contributed by atoms with E-state index in [0.29, 0.717) is 17.1 Å². The van der Waals surface area contributed by atoms with Crippen LogP contribution in [0.2, 0.25) is 0 Å². The van der Waals surface area contributed by atoms with Crippen LogP contribution in [0.1, 0.15) is 16.4 Å². The third-order valence-corrected chi connectivity index (χ3v) is 5.85. The fourth-order valence-electron chi connectivity index (χ4n) is 2.45.